The number of aryl methyl sites for hydroxylation is 1. The number of ether oxygens (including phenoxy) is 1. The second-order valence-corrected chi connectivity index (χ2v) is 7.23. The van der Waals surface area contributed by atoms with Gasteiger partial charge in [-0.05, 0) is 59.7 Å². The van der Waals surface area contributed by atoms with Crippen LogP contribution in [0.3, 0.4) is 0 Å². The van der Waals surface area contributed by atoms with Gasteiger partial charge in [0.15, 0.2) is 0 Å². The van der Waals surface area contributed by atoms with E-state index in [4.69, 9.17) is 4.74 Å². The van der Waals surface area contributed by atoms with E-state index in [9.17, 15) is 9.90 Å². The Morgan fingerprint density at radius 3 is 2.12 bits per heavy atom. The molecular formula is C22H22O3S. The van der Waals surface area contributed by atoms with E-state index in [2.05, 4.69) is 19.1 Å². The highest BCUT2D eigenvalue weighted by Gasteiger charge is 2.21. The van der Waals surface area contributed by atoms with Crippen LogP contribution >= 0.6 is 11.3 Å². The molecule has 1 atom stereocenters. The Morgan fingerprint density at radius 1 is 1.00 bits per heavy atom. The Kier molecular flexibility index (Phi) is 6.08. The van der Waals surface area contributed by atoms with Crippen LogP contribution in [0.5, 0.6) is 11.5 Å². The highest BCUT2D eigenvalue weighted by atomic mass is 32.1. The van der Waals surface area contributed by atoms with Gasteiger partial charge in [0.1, 0.15) is 11.5 Å². The summed E-state index contributed by atoms with van der Waals surface area (Å²) in [6, 6.07) is 19.6. The first-order chi connectivity index (χ1) is 12.7. The highest BCUT2D eigenvalue weighted by molar-refractivity contribution is 7.10. The molecule has 1 heterocycles. The minimum atomic E-state index is -0.792. The largest absolute Gasteiger partial charge is 0.481 e. The van der Waals surface area contributed by atoms with E-state index >= 15 is 0 Å². The summed E-state index contributed by atoms with van der Waals surface area (Å²) in [5.41, 5.74) is 2.29. The zero-order chi connectivity index (χ0) is 18.4. The van der Waals surface area contributed by atoms with E-state index < -0.39 is 11.9 Å². The maximum Gasteiger partial charge on any atom is 0.312 e. The third-order valence-corrected chi connectivity index (χ3v) is 5.23. The van der Waals surface area contributed by atoms with Gasteiger partial charge >= 0.3 is 5.97 Å². The lowest BCUT2D eigenvalue weighted by molar-refractivity contribution is -0.138. The van der Waals surface area contributed by atoms with Crippen molar-refractivity contribution < 1.29 is 14.6 Å². The average molecular weight is 366 g/mol. The normalized spacial score (nSPS) is 11.9. The Labute approximate surface area is 157 Å². The van der Waals surface area contributed by atoms with Crippen LogP contribution in [0.1, 0.15) is 35.3 Å². The van der Waals surface area contributed by atoms with Gasteiger partial charge in [0, 0.05) is 4.88 Å². The number of hydrogen-bond donors (Lipinski definition) is 1. The lowest BCUT2D eigenvalue weighted by Gasteiger charge is -2.11. The van der Waals surface area contributed by atoms with Crippen molar-refractivity contribution in [3.63, 3.8) is 0 Å². The van der Waals surface area contributed by atoms with Gasteiger partial charge in [0.2, 0.25) is 0 Å². The molecular weight excluding hydrogens is 344 g/mol. The van der Waals surface area contributed by atoms with E-state index in [0.29, 0.717) is 6.42 Å². The van der Waals surface area contributed by atoms with Gasteiger partial charge in [-0.1, -0.05) is 43.7 Å². The van der Waals surface area contributed by atoms with Gasteiger partial charge in [-0.3, -0.25) is 4.79 Å². The van der Waals surface area contributed by atoms with Crippen LogP contribution in [0.25, 0.3) is 0 Å². The molecule has 1 N–H and O–H groups in total. The minimum absolute atomic E-state index is 0.474. The second kappa shape index (κ2) is 8.68. The third-order valence-electron chi connectivity index (χ3n) is 4.25. The molecule has 1 unspecified atom stereocenters. The Morgan fingerprint density at radius 2 is 1.62 bits per heavy atom. The SMILES string of the molecule is CCCc1ccc(Oc2ccc(CC(C(=O)O)c3cccs3)cc2)cc1. The van der Waals surface area contributed by atoms with Crippen molar-refractivity contribution in [3.8, 4) is 11.5 Å². The molecule has 0 bridgehead atoms. The summed E-state index contributed by atoms with van der Waals surface area (Å²) in [5, 5.41) is 11.4. The molecule has 0 amide bonds. The van der Waals surface area contributed by atoms with E-state index in [-0.39, 0.29) is 0 Å². The molecule has 0 saturated heterocycles. The van der Waals surface area contributed by atoms with Crippen LogP contribution in [0.4, 0.5) is 0 Å². The van der Waals surface area contributed by atoms with Crippen LogP contribution in [0.15, 0.2) is 66.0 Å². The summed E-state index contributed by atoms with van der Waals surface area (Å²) in [6.45, 7) is 2.17. The summed E-state index contributed by atoms with van der Waals surface area (Å²) in [4.78, 5) is 12.4. The quantitative estimate of drug-likeness (QED) is 0.539. The first-order valence-electron chi connectivity index (χ1n) is 8.77. The van der Waals surface area contributed by atoms with Crippen molar-refractivity contribution >= 4 is 17.3 Å². The molecule has 0 spiro atoms. The van der Waals surface area contributed by atoms with E-state index in [1.54, 1.807) is 0 Å². The minimum Gasteiger partial charge on any atom is -0.481 e. The smallest absolute Gasteiger partial charge is 0.312 e. The number of thiophene rings is 1. The van der Waals surface area contributed by atoms with Crippen LogP contribution in [0, 0.1) is 0 Å². The molecule has 0 aliphatic heterocycles. The lowest BCUT2D eigenvalue weighted by Crippen LogP contribution is -2.13. The summed E-state index contributed by atoms with van der Waals surface area (Å²) in [6.07, 6.45) is 2.68. The van der Waals surface area contributed by atoms with Crippen LogP contribution in [-0.2, 0) is 17.6 Å². The van der Waals surface area contributed by atoms with Crippen molar-refractivity contribution in [3.05, 3.63) is 82.0 Å². The zero-order valence-electron chi connectivity index (χ0n) is 14.7. The lowest BCUT2D eigenvalue weighted by atomic mass is 9.98. The average Bonchev–Trinajstić information content (AvgIpc) is 3.17. The van der Waals surface area contributed by atoms with Crippen LogP contribution in [-0.4, -0.2) is 11.1 Å². The molecule has 4 heteroatoms. The molecule has 1 aromatic heterocycles. The molecule has 2 aromatic carbocycles. The number of benzene rings is 2. The highest BCUT2D eigenvalue weighted by Crippen LogP contribution is 2.27. The number of carbonyl (C=O) groups is 1. The van der Waals surface area contributed by atoms with Gasteiger partial charge in [0.05, 0.1) is 5.92 Å². The fourth-order valence-corrected chi connectivity index (χ4v) is 3.70. The molecule has 0 aliphatic rings. The Hall–Kier alpha value is -2.59. The summed E-state index contributed by atoms with van der Waals surface area (Å²) in [5.74, 6) is 0.257. The molecule has 3 aromatic rings. The summed E-state index contributed by atoms with van der Waals surface area (Å²) >= 11 is 1.48. The standard InChI is InChI=1S/C22H22O3S/c1-2-4-16-6-10-18(11-7-16)25-19-12-8-17(9-13-19)15-20(22(23)24)21-5-3-14-26-21/h3,5-14,20H,2,4,15H2,1H3,(H,23,24). The van der Waals surface area contributed by atoms with E-state index in [1.165, 1.54) is 16.9 Å². The summed E-state index contributed by atoms with van der Waals surface area (Å²) in [7, 11) is 0. The van der Waals surface area contributed by atoms with Crippen molar-refractivity contribution in [2.24, 2.45) is 0 Å². The maximum atomic E-state index is 11.6. The molecule has 134 valence electrons. The maximum absolute atomic E-state index is 11.6. The van der Waals surface area contributed by atoms with Gasteiger partial charge < -0.3 is 9.84 Å². The summed E-state index contributed by atoms with van der Waals surface area (Å²) < 4.78 is 5.88. The fourth-order valence-electron chi connectivity index (χ4n) is 2.88. The molecule has 3 nitrogen and oxygen atoms in total. The number of rotatable bonds is 8. The van der Waals surface area contributed by atoms with Crippen molar-refractivity contribution in [1.29, 1.82) is 0 Å². The van der Waals surface area contributed by atoms with Crippen LogP contribution in [0.2, 0.25) is 0 Å². The monoisotopic (exact) mass is 366 g/mol. The van der Waals surface area contributed by atoms with E-state index in [0.717, 1.165) is 34.8 Å². The molecule has 0 radical (unpaired) electrons. The van der Waals surface area contributed by atoms with Gasteiger partial charge in [-0.15, -0.1) is 11.3 Å². The zero-order valence-corrected chi connectivity index (χ0v) is 15.5. The topological polar surface area (TPSA) is 46.5 Å². The Balaban J connectivity index is 1.65. The van der Waals surface area contributed by atoms with Crippen molar-refractivity contribution in [1.82, 2.24) is 0 Å². The number of aliphatic carboxylic acids is 1. The fraction of sp³-hybridized carbons (Fsp3) is 0.227. The predicted molar refractivity (Wildman–Crippen MR) is 105 cm³/mol. The molecule has 3 rings (SSSR count). The predicted octanol–water partition coefficient (Wildman–Crippen LogP) is 5.90. The Bertz CT molecular complexity index is 821. The van der Waals surface area contributed by atoms with Crippen molar-refractivity contribution in [2.75, 3.05) is 0 Å². The number of hydrogen-bond acceptors (Lipinski definition) is 3. The molecule has 26 heavy (non-hydrogen) atoms. The van der Waals surface area contributed by atoms with Gasteiger partial charge in [0.25, 0.3) is 0 Å². The molecule has 0 fully saturated rings. The number of carboxylic acids is 1. The third kappa shape index (κ3) is 4.73. The van der Waals surface area contributed by atoms with Gasteiger partial charge in [-0.2, -0.15) is 0 Å². The first kappa shape index (κ1) is 18.2. The second-order valence-electron chi connectivity index (χ2n) is 6.25. The number of carboxylic acid groups (broad SMARTS) is 1. The first-order valence-corrected chi connectivity index (χ1v) is 9.65. The molecule has 0 aliphatic carbocycles. The van der Waals surface area contributed by atoms with Crippen molar-refractivity contribution in [2.45, 2.75) is 32.1 Å². The van der Waals surface area contributed by atoms with Gasteiger partial charge in [-0.25, -0.2) is 0 Å². The van der Waals surface area contributed by atoms with Crippen LogP contribution < -0.4 is 4.74 Å². The van der Waals surface area contributed by atoms with E-state index in [1.807, 2.05) is 53.9 Å². The molecule has 0 saturated carbocycles.